The molecule has 2 N–H and O–H groups in total. The molecule has 4 aromatic rings. The summed E-state index contributed by atoms with van der Waals surface area (Å²) in [4.78, 5) is 20.1. The Bertz CT molecular complexity index is 1090. The first-order chi connectivity index (χ1) is 14.2. The number of fused-ring (bicyclic) bond motifs is 1. The van der Waals surface area contributed by atoms with E-state index >= 15 is 0 Å². The summed E-state index contributed by atoms with van der Waals surface area (Å²) in [6.07, 6.45) is 0.787. The average Bonchev–Trinajstić information content (AvgIpc) is 3.18. The number of amides is 1. The number of aromatic amines is 1. The Morgan fingerprint density at radius 1 is 1.03 bits per heavy atom. The quantitative estimate of drug-likeness (QED) is 0.428. The normalized spacial score (nSPS) is 10.8. The van der Waals surface area contributed by atoms with Crippen molar-refractivity contribution in [2.24, 2.45) is 0 Å². The zero-order valence-electron chi connectivity index (χ0n) is 15.7. The molecular weight excluding hydrogens is 430 g/mol. The maximum Gasteiger partial charge on any atom is 0.257 e. The second kappa shape index (κ2) is 8.92. The van der Waals surface area contributed by atoms with Crippen LogP contribution in [0.5, 0.6) is 5.75 Å². The maximum absolute atomic E-state index is 12.2. The molecule has 1 aromatic heterocycles. The molecule has 0 saturated heterocycles. The van der Waals surface area contributed by atoms with Gasteiger partial charge in [0.2, 0.25) is 0 Å². The van der Waals surface area contributed by atoms with Crippen molar-refractivity contribution in [2.75, 3.05) is 13.2 Å². The molecule has 29 heavy (non-hydrogen) atoms. The van der Waals surface area contributed by atoms with Gasteiger partial charge in [-0.05, 0) is 42.3 Å². The van der Waals surface area contributed by atoms with Gasteiger partial charge >= 0.3 is 0 Å². The van der Waals surface area contributed by atoms with Crippen molar-refractivity contribution in [1.29, 1.82) is 0 Å². The second-order valence-corrected chi connectivity index (χ2v) is 7.53. The van der Waals surface area contributed by atoms with Gasteiger partial charge in [-0.15, -0.1) is 0 Å². The van der Waals surface area contributed by atoms with Crippen molar-refractivity contribution < 1.29 is 9.53 Å². The molecule has 0 bridgehead atoms. The van der Waals surface area contributed by atoms with Crippen LogP contribution in [0.2, 0.25) is 0 Å². The van der Waals surface area contributed by atoms with Crippen LogP contribution < -0.4 is 10.1 Å². The van der Waals surface area contributed by atoms with Gasteiger partial charge in [-0.3, -0.25) is 4.79 Å². The number of carbonyl (C=O) groups excluding carboxylic acids is 1. The third-order valence-corrected chi connectivity index (χ3v) is 5.02. The first-order valence-corrected chi connectivity index (χ1v) is 10.2. The molecule has 0 saturated carbocycles. The molecule has 4 rings (SSSR count). The van der Waals surface area contributed by atoms with E-state index < -0.39 is 0 Å². The number of benzene rings is 3. The second-order valence-electron chi connectivity index (χ2n) is 6.62. The van der Waals surface area contributed by atoms with E-state index in [1.165, 1.54) is 5.56 Å². The van der Waals surface area contributed by atoms with Crippen LogP contribution in [-0.2, 0) is 11.2 Å². The Hall–Kier alpha value is -3.12. The number of aromatic nitrogens is 2. The van der Waals surface area contributed by atoms with Crippen molar-refractivity contribution in [3.63, 3.8) is 0 Å². The van der Waals surface area contributed by atoms with E-state index in [4.69, 9.17) is 4.74 Å². The Kier molecular flexibility index (Phi) is 5.91. The van der Waals surface area contributed by atoms with Gasteiger partial charge < -0.3 is 15.0 Å². The Morgan fingerprint density at radius 2 is 1.83 bits per heavy atom. The van der Waals surface area contributed by atoms with Gasteiger partial charge in [0.15, 0.2) is 6.61 Å². The lowest BCUT2D eigenvalue weighted by Crippen LogP contribution is -2.30. The van der Waals surface area contributed by atoms with Crippen LogP contribution in [0, 0.1) is 0 Å². The zero-order valence-corrected chi connectivity index (χ0v) is 17.3. The summed E-state index contributed by atoms with van der Waals surface area (Å²) in [5.41, 5.74) is 3.82. The maximum atomic E-state index is 12.2. The molecule has 3 aromatic carbocycles. The fourth-order valence-corrected chi connectivity index (χ4v) is 3.44. The van der Waals surface area contributed by atoms with Crippen molar-refractivity contribution in [1.82, 2.24) is 15.3 Å². The minimum atomic E-state index is -0.153. The smallest absolute Gasteiger partial charge is 0.257 e. The summed E-state index contributed by atoms with van der Waals surface area (Å²) in [7, 11) is 0. The minimum Gasteiger partial charge on any atom is -0.483 e. The fourth-order valence-electron chi connectivity index (χ4n) is 3.08. The molecule has 6 heteroatoms. The molecule has 1 amide bonds. The lowest BCUT2D eigenvalue weighted by molar-refractivity contribution is -0.123. The van der Waals surface area contributed by atoms with Gasteiger partial charge in [0, 0.05) is 11.0 Å². The molecule has 0 atom stereocenters. The van der Waals surface area contributed by atoms with E-state index in [-0.39, 0.29) is 12.5 Å². The molecule has 1 heterocycles. The third-order valence-electron chi connectivity index (χ3n) is 4.52. The molecule has 0 spiro atoms. The van der Waals surface area contributed by atoms with Crippen LogP contribution in [-0.4, -0.2) is 29.0 Å². The number of rotatable bonds is 7. The van der Waals surface area contributed by atoms with Crippen molar-refractivity contribution in [3.05, 3.63) is 82.8 Å². The summed E-state index contributed by atoms with van der Waals surface area (Å²) >= 11 is 3.50. The number of hydrogen-bond donors (Lipinski definition) is 2. The van der Waals surface area contributed by atoms with Gasteiger partial charge in [-0.25, -0.2) is 4.98 Å². The van der Waals surface area contributed by atoms with E-state index in [9.17, 15) is 4.79 Å². The molecule has 0 aliphatic heterocycles. The van der Waals surface area contributed by atoms with Crippen LogP contribution in [0.25, 0.3) is 22.4 Å². The summed E-state index contributed by atoms with van der Waals surface area (Å²) in [5.74, 6) is 1.15. The van der Waals surface area contributed by atoms with E-state index in [2.05, 4.69) is 31.2 Å². The van der Waals surface area contributed by atoms with E-state index in [1.807, 2.05) is 72.8 Å². The zero-order chi connectivity index (χ0) is 20.1. The van der Waals surface area contributed by atoms with Crippen LogP contribution in [0.15, 0.2) is 77.3 Å². The topological polar surface area (TPSA) is 67.0 Å². The number of carbonyl (C=O) groups is 1. The van der Waals surface area contributed by atoms with Gasteiger partial charge in [-0.1, -0.05) is 58.4 Å². The fraction of sp³-hybridized carbons (Fsp3) is 0.130. The highest BCUT2D eigenvalue weighted by Gasteiger charge is 2.13. The number of H-pyrrole nitrogens is 1. The number of nitrogens with zero attached hydrogens (tertiary/aromatic N) is 1. The summed E-state index contributed by atoms with van der Waals surface area (Å²) in [6, 6.07) is 23.5. The SMILES string of the molecule is O=C(COc1ccc(Br)cc1-c1nc2ccccc2[nH]1)NCCc1ccccc1. The number of ether oxygens (including phenoxy) is 1. The van der Waals surface area contributed by atoms with E-state index in [0.29, 0.717) is 18.1 Å². The third kappa shape index (κ3) is 4.84. The van der Waals surface area contributed by atoms with Crippen LogP contribution in [0.3, 0.4) is 0 Å². The predicted octanol–water partition coefficient (Wildman–Crippen LogP) is 4.73. The minimum absolute atomic E-state index is 0.0519. The van der Waals surface area contributed by atoms with Crippen LogP contribution in [0.4, 0.5) is 0 Å². The van der Waals surface area contributed by atoms with Crippen LogP contribution >= 0.6 is 15.9 Å². The first-order valence-electron chi connectivity index (χ1n) is 9.37. The van der Waals surface area contributed by atoms with Gasteiger partial charge in [0.05, 0.1) is 16.6 Å². The Balaban J connectivity index is 1.41. The number of nitrogens with one attached hydrogen (secondary N) is 2. The number of imidazole rings is 1. The highest BCUT2D eigenvalue weighted by atomic mass is 79.9. The largest absolute Gasteiger partial charge is 0.483 e. The first kappa shape index (κ1) is 19.2. The molecule has 0 radical (unpaired) electrons. The summed E-state index contributed by atoms with van der Waals surface area (Å²) in [6.45, 7) is 0.520. The molecule has 0 fully saturated rings. The summed E-state index contributed by atoms with van der Waals surface area (Å²) < 4.78 is 6.72. The standard InChI is InChI=1S/C23H20BrN3O2/c24-17-10-11-21(18(14-17)23-26-19-8-4-5-9-20(19)27-23)29-15-22(28)25-13-12-16-6-2-1-3-7-16/h1-11,14H,12-13,15H2,(H,25,28)(H,26,27). The number of para-hydroxylation sites is 2. The molecule has 0 aliphatic carbocycles. The Morgan fingerprint density at radius 3 is 2.66 bits per heavy atom. The molecule has 0 unspecified atom stereocenters. The van der Waals surface area contributed by atoms with Crippen molar-refractivity contribution in [3.8, 4) is 17.1 Å². The highest BCUT2D eigenvalue weighted by Crippen LogP contribution is 2.32. The van der Waals surface area contributed by atoms with Gasteiger partial charge in [-0.2, -0.15) is 0 Å². The predicted molar refractivity (Wildman–Crippen MR) is 118 cm³/mol. The molecule has 5 nitrogen and oxygen atoms in total. The van der Waals surface area contributed by atoms with Crippen LogP contribution in [0.1, 0.15) is 5.56 Å². The highest BCUT2D eigenvalue weighted by molar-refractivity contribution is 9.10. The number of halogens is 1. The lowest BCUT2D eigenvalue weighted by Gasteiger charge is -2.11. The lowest BCUT2D eigenvalue weighted by atomic mass is 10.1. The molecule has 146 valence electrons. The summed E-state index contributed by atoms with van der Waals surface area (Å²) in [5, 5.41) is 2.90. The van der Waals surface area contributed by atoms with Crippen molar-refractivity contribution in [2.45, 2.75) is 6.42 Å². The average molecular weight is 450 g/mol. The van der Waals surface area contributed by atoms with E-state index in [0.717, 1.165) is 27.5 Å². The number of hydrogen-bond acceptors (Lipinski definition) is 3. The Labute approximate surface area is 177 Å². The van der Waals surface area contributed by atoms with Crippen molar-refractivity contribution >= 4 is 32.9 Å². The molecule has 0 aliphatic rings. The van der Waals surface area contributed by atoms with E-state index in [1.54, 1.807) is 0 Å². The monoisotopic (exact) mass is 449 g/mol. The van der Waals surface area contributed by atoms with Gasteiger partial charge in [0.1, 0.15) is 11.6 Å². The van der Waals surface area contributed by atoms with Gasteiger partial charge in [0.25, 0.3) is 5.91 Å². The molecular formula is C23H20BrN3O2.